The highest BCUT2D eigenvalue weighted by Gasteiger charge is 2.56. The first-order chi connectivity index (χ1) is 11.9. The van der Waals surface area contributed by atoms with Crippen LogP contribution in [0.25, 0.3) is 0 Å². The zero-order valence-corrected chi connectivity index (χ0v) is 14.1. The fourth-order valence-corrected chi connectivity index (χ4v) is 4.59. The van der Waals surface area contributed by atoms with Gasteiger partial charge in [-0.25, -0.2) is 9.59 Å². The number of esters is 2. The average Bonchev–Trinajstić information content (AvgIpc) is 3.11. The van der Waals surface area contributed by atoms with Crippen molar-refractivity contribution >= 4 is 11.9 Å². The quantitative estimate of drug-likeness (QED) is 0.450. The second kappa shape index (κ2) is 6.77. The fourth-order valence-electron chi connectivity index (χ4n) is 4.59. The number of aliphatic hydroxyl groups excluding tert-OH is 2. The first-order valence-electron chi connectivity index (χ1n) is 8.57. The largest absolute Gasteiger partial charge is 0.458 e. The van der Waals surface area contributed by atoms with Crippen molar-refractivity contribution in [1.82, 2.24) is 0 Å². The molecule has 3 aliphatic rings. The van der Waals surface area contributed by atoms with Crippen LogP contribution < -0.4 is 0 Å². The summed E-state index contributed by atoms with van der Waals surface area (Å²) in [4.78, 5) is 24.2. The molecule has 1 aliphatic heterocycles. The highest BCUT2D eigenvalue weighted by atomic mass is 16.6. The number of fused-ring (bicyclic) bond motifs is 3. The summed E-state index contributed by atoms with van der Waals surface area (Å²) in [5, 5.41) is 18.8. The lowest BCUT2D eigenvalue weighted by Crippen LogP contribution is -2.38. The molecule has 25 heavy (non-hydrogen) atoms. The molecule has 2 aliphatic carbocycles. The van der Waals surface area contributed by atoms with Gasteiger partial charge in [0.2, 0.25) is 0 Å². The van der Waals surface area contributed by atoms with E-state index in [1.54, 1.807) is 0 Å². The predicted octanol–water partition coefficient (Wildman–Crippen LogP) is 1.14. The van der Waals surface area contributed by atoms with E-state index in [2.05, 4.69) is 19.7 Å². The van der Waals surface area contributed by atoms with E-state index >= 15 is 0 Å². The molecular weight excluding hydrogens is 324 g/mol. The van der Waals surface area contributed by atoms with Crippen molar-refractivity contribution in [3.05, 3.63) is 36.5 Å². The molecule has 3 rings (SSSR count). The van der Waals surface area contributed by atoms with Gasteiger partial charge in [0.1, 0.15) is 12.2 Å². The maximum Gasteiger partial charge on any atom is 0.336 e. The van der Waals surface area contributed by atoms with Crippen LogP contribution in [0.4, 0.5) is 0 Å². The minimum absolute atomic E-state index is 0.0213. The van der Waals surface area contributed by atoms with E-state index < -0.39 is 36.7 Å². The summed E-state index contributed by atoms with van der Waals surface area (Å²) in [6, 6.07) is 0. The van der Waals surface area contributed by atoms with Gasteiger partial charge in [-0.1, -0.05) is 25.3 Å². The molecule has 0 aromatic heterocycles. The summed E-state index contributed by atoms with van der Waals surface area (Å²) in [6.07, 6.45) is 0.998. The number of aliphatic hydroxyl groups is 2. The summed E-state index contributed by atoms with van der Waals surface area (Å²) in [5.41, 5.74) is 1.18. The van der Waals surface area contributed by atoms with Gasteiger partial charge in [-0.05, 0) is 24.7 Å². The van der Waals surface area contributed by atoms with Crippen LogP contribution in [0.15, 0.2) is 36.5 Å². The Labute approximate surface area is 146 Å². The average molecular weight is 348 g/mol. The minimum Gasteiger partial charge on any atom is -0.458 e. The molecule has 0 aromatic carbocycles. The Morgan fingerprint density at radius 1 is 1.28 bits per heavy atom. The molecule has 0 amide bonds. The smallest absolute Gasteiger partial charge is 0.336 e. The molecule has 2 saturated carbocycles. The molecule has 1 saturated heterocycles. The van der Waals surface area contributed by atoms with Gasteiger partial charge < -0.3 is 19.7 Å². The zero-order chi connectivity index (χ0) is 18.3. The van der Waals surface area contributed by atoms with Gasteiger partial charge in [0.05, 0.1) is 18.1 Å². The third-order valence-corrected chi connectivity index (χ3v) is 5.86. The molecule has 0 unspecified atom stereocenters. The minimum atomic E-state index is -0.697. The van der Waals surface area contributed by atoms with Crippen LogP contribution in [0, 0.1) is 23.7 Å². The molecule has 136 valence electrons. The van der Waals surface area contributed by atoms with Crippen molar-refractivity contribution in [3.8, 4) is 0 Å². The lowest BCUT2D eigenvalue weighted by Gasteiger charge is -2.30. The monoisotopic (exact) mass is 348 g/mol. The first-order valence-corrected chi connectivity index (χ1v) is 8.57. The highest BCUT2D eigenvalue weighted by Crippen LogP contribution is 2.53. The third kappa shape index (κ3) is 2.93. The Balaban J connectivity index is 1.94. The molecule has 1 heterocycles. The van der Waals surface area contributed by atoms with Crippen LogP contribution in [0.5, 0.6) is 0 Å². The van der Waals surface area contributed by atoms with Crippen LogP contribution in [0.3, 0.4) is 0 Å². The van der Waals surface area contributed by atoms with E-state index in [0.717, 1.165) is 18.4 Å². The molecule has 0 bridgehead atoms. The van der Waals surface area contributed by atoms with E-state index in [0.29, 0.717) is 6.42 Å². The van der Waals surface area contributed by atoms with Crippen molar-refractivity contribution in [2.75, 3.05) is 13.2 Å². The van der Waals surface area contributed by atoms with Crippen LogP contribution in [-0.4, -0.2) is 47.6 Å². The summed E-state index contributed by atoms with van der Waals surface area (Å²) in [6.45, 7) is 11.0. The molecule has 0 spiro atoms. The molecule has 2 N–H and O–H groups in total. The molecule has 6 nitrogen and oxygen atoms in total. The van der Waals surface area contributed by atoms with E-state index in [9.17, 15) is 14.7 Å². The van der Waals surface area contributed by atoms with Gasteiger partial charge >= 0.3 is 11.9 Å². The Hall–Kier alpha value is -1.92. The maximum absolute atomic E-state index is 12.1. The molecular formula is C19H24O6. The van der Waals surface area contributed by atoms with Gasteiger partial charge in [-0.3, -0.25) is 0 Å². The van der Waals surface area contributed by atoms with Crippen molar-refractivity contribution in [2.24, 2.45) is 23.7 Å². The standard InChI is InChI=1S/C19H24O6/c1-9-6-14(24-18(22)10(2)7-20)15-11(3)19(23)25-17(15)16-12(8-21)4-5-13(9)16/h12-17,20-21H,1-8H2/t12-,13-,14-,15+,16-,17-/m0/s1. The lowest BCUT2D eigenvalue weighted by atomic mass is 9.79. The Morgan fingerprint density at radius 3 is 2.64 bits per heavy atom. The zero-order valence-electron chi connectivity index (χ0n) is 14.1. The van der Waals surface area contributed by atoms with Gasteiger partial charge in [0.15, 0.2) is 0 Å². The first kappa shape index (κ1) is 17.9. The second-order valence-corrected chi connectivity index (χ2v) is 7.19. The van der Waals surface area contributed by atoms with Gasteiger partial charge in [0, 0.05) is 24.5 Å². The van der Waals surface area contributed by atoms with Crippen molar-refractivity contribution in [2.45, 2.75) is 31.5 Å². The number of hydrogen-bond acceptors (Lipinski definition) is 6. The van der Waals surface area contributed by atoms with E-state index in [-0.39, 0.29) is 35.5 Å². The van der Waals surface area contributed by atoms with Crippen molar-refractivity contribution in [3.63, 3.8) is 0 Å². The third-order valence-electron chi connectivity index (χ3n) is 5.86. The highest BCUT2D eigenvalue weighted by molar-refractivity contribution is 5.91. The van der Waals surface area contributed by atoms with Crippen LogP contribution >= 0.6 is 0 Å². The molecule has 6 heteroatoms. The van der Waals surface area contributed by atoms with Crippen molar-refractivity contribution < 1.29 is 29.3 Å². The number of carbonyl (C=O) groups is 2. The Kier molecular flexibility index (Phi) is 4.84. The van der Waals surface area contributed by atoms with Crippen LogP contribution in [0.2, 0.25) is 0 Å². The van der Waals surface area contributed by atoms with Crippen LogP contribution in [0.1, 0.15) is 19.3 Å². The summed E-state index contributed by atoms with van der Waals surface area (Å²) >= 11 is 0. The maximum atomic E-state index is 12.1. The molecule has 0 aromatic rings. The SMILES string of the molecule is C=C(CO)C(=O)O[C@H]1CC(=C)[C@@H]2CC[C@@H](CO)[C@@H]2[C@H]2OC(=O)C(=C)[C@@H]21. The number of rotatable bonds is 4. The van der Waals surface area contributed by atoms with E-state index in [4.69, 9.17) is 14.6 Å². The molecule has 0 radical (unpaired) electrons. The van der Waals surface area contributed by atoms with Gasteiger partial charge in [-0.15, -0.1) is 0 Å². The topological polar surface area (TPSA) is 93.1 Å². The molecule has 3 fully saturated rings. The number of ether oxygens (including phenoxy) is 2. The molecule has 6 atom stereocenters. The van der Waals surface area contributed by atoms with Crippen LogP contribution in [-0.2, 0) is 19.1 Å². The lowest BCUT2D eigenvalue weighted by molar-refractivity contribution is -0.149. The Bertz CT molecular complexity index is 636. The van der Waals surface area contributed by atoms with Gasteiger partial charge in [-0.2, -0.15) is 0 Å². The summed E-state index contributed by atoms with van der Waals surface area (Å²) in [5.74, 6) is -1.55. The Morgan fingerprint density at radius 2 is 2.00 bits per heavy atom. The van der Waals surface area contributed by atoms with Crippen molar-refractivity contribution in [1.29, 1.82) is 0 Å². The number of hydrogen-bond donors (Lipinski definition) is 2. The fraction of sp³-hybridized carbons (Fsp3) is 0.579. The second-order valence-electron chi connectivity index (χ2n) is 7.19. The van der Waals surface area contributed by atoms with E-state index in [1.807, 2.05) is 0 Å². The predicted molar refractivity (Wildman–Crippen MR) is 89.2 cm³/mol. The normalized spacial score (nSPS) is 37.1. The summed E-state index contributed by atoms with van der Waals surface area (Å²) in [7, 11) is 0. The summed E-state index contributed by atoms with van der Waals surface area (Å²) < 4.78 is 11.1. The number of carbonyl (C=O) groups excluding carboxylic acids is 2. The van der Waals surface area contributed by atoms with E-state index in [1.165, 1.54) is 0 Å². The van der Waals surface area contributed by atoms with Gasteiger partial charge in [0.25, 0.3) is 0 Å².